The zero-order chi connectivity index (χ0) is 54.7. The number of carbonyl (C=O) groups is 7. The van der Waals surface area contributed by atoms with Gasteiger partial charge >= 0.3 is 0 Å². The molecule has 1 fully saturated rings. The quantitative estimate of drug-likeness (QED) is 0.0530. The van der Waals surface area contributed by atoms with E-state index in [9.17, 15) is 33.9 Å². The summed E-state index contributed by atoms with van der Waals surface area (Å²) in [6.07, 6.45) is 2.94. The van der Waals surface area contributed by atoms with E-state index in [1.807, 2.05) is 77.1 Å². The van der Waals surface area contributed by atoms with Gasteiger partial charge in [0.15, 0.2) is 0 Å². The molecule has 3 aliphatic rings. The van der Waals surface area contributed by atoms with Gasteiger partial charge in [-0.1, -0.05) is 81.8 Å². The number of benzene rings is 3. The summed E-state index contributed by atoms with van der Waals surface area (Å²) in [7, 11) is 0. The number of nitrogens with one attached hydrogen (secondary N) is 4. The number of aliphatic carboxylic acids is 1. The molecule has 75 heavy (non-hydrogen) atoms. The molecule has 18 nitrogen and oxygen atoms in total. The number of rotatable bonds is 20. The van der Waals surface area contributed by atoms with Crippen LogP contribution in [0.15, 0.2) is 66.2 Å². The minimum atomic E-state index is -0.964. The number of hydrogen-bond acceptors (Lipinski definition) is 12. The number of aliphatic hydroxyl groups excluding tert-OH is 1. The molecule has 1 saturated heterocycles. The normalized spacial score (nSPS) is 19.1. The summed E-state index contributed by atoms with van der Waals surface area (Å²) in [4.78, 5) is 97.7. The number of hydrogen-bond donors (Lipinski definition) is 8. The Morgan fingerprint density at radius 3 is 2.27 bits per heavy atom. The summed E-state index contributed by atoms with van der Waals surface area (Å²) in [5.41, 5.74) is 18.9. The minimum absolute atomic E-state index is 0.0176. The van der Waals surface area contributed by atoms with Crippen LogP contribution in [0.25, 0.3) is 10.4 Å². The van der Waals surface area contributed by atoms with E-state index in [1.165, 1.54) is 9.80 Å². The van der Waals surface area contributed by atoms with Crippen LogP contribution in [0.4, 0.5) is 15.8 Å². The second-order valence-electron chi connectivity index (χ2n) is 20.8. The molecule has 0 radical (unpaired) electrons. The molecule has 10 N–H and O–H groups in total. The van der Waals surface area contributed by atoms with Crippen molar-refractivity contribution in [1.82, 2.24) is 25.8 Å². The van der Waals surface area contributed by atoms with Crippen LogP contribution in [-0.4, -0.2) is 111 Å². The SMILES string of the molecule is CC(=O)O.Cc1ncsc1-c1ccc([C@H](C)NC(=O)[C@@H]2C[C@@H](O)CN2C(=O)[C@@H](NC(=O)CCCCCc2cccc(NC[C@H](CCC(N)=O)NC(=O)[C@@H]3Cc4cccc5c4N3C(=O)[C@@H](N)CC5)c2F)C(C)(C)C)cc1. The number of aryl methyl sites for hydroxylation is 3. The van der Waals surface area contributed by atoms with Crippen molar-refractivity contribution in [2.24, 2.45) is 16.9 Å². The number of likely N-dealkylation sites (tertiary alicyclic amines) is 1. The van der Waals surface area contributed by atoms with Crippen LogP contribution in [0, 0.1) is 18.2 Å². The number of halogens is 1. The fourth-order valence-electron chi connectivity index (χ4n) is 9.87. The van der Waals surface area contributed by atoms with Gasteiger partial charge < -0.3 is 47.8 Å². The summed E-state index contributed by atoms with van der Waals surface area (Å²) in [6.45, 7) is 10.5. The predicted octanol–water partition coefficient (Wildman–Crippen LogP) is 5.22. The number of nitrogens with two attached hydrogens (primary N) is 2. The highest BCUT2D eigenvalue weighted by molar-refractivity contribution is 7.13. The highest BCUT2D eigenvalue weighted by atomic mass is 32.1. The number of para-hydroxylation sites is 1. The third kappa shape index (κ3) is 15.0. The second kappa shape index (κ2) is 25.6. The number of carboxylic acid groups (broad SMARTS) is 1. The number of thiazole rings is 1. The van der Waals surface area contributed by atoms with E-state index in [1.54, 1.807) is 35.0 Å². The molecule has 3 aliphatic heterocycles. The zero-order valence-electron chi connectivity index (χ0n) is 43.6. The number of unbranched alkanes of at least 4 members (excludes halogenated alkanes) is 2. The number of carbonyl (C=O) groups excluding carboxylic acids is 6. The molecular formula is C55H72FN9O9S. The first kappa shape index (κ1) is 57.5. The van der Waals surface area contributed by atoms with E-state index in [-0.39, 0.29) is 68.2 Å². The summed E-state index contributed by atoms with van der Waals surface area (Å²) in [5, 5.41) is 30.1. The number of amides is 6. The highest BCUT2D eigenvalue weighted by Crippen LogP contribution is 2.39. The molecule has 6 amide bonds. The van der Waals surface area contributed by atoms with Gasteiger partial charge in [0.1, 0.15) is 23.9 Å². The number of carboxylic acids is 1. The van der Waals surface area contributed by atoms with Crippen molar-refractivity contribution >= 4 is 64.1 Å². The standard InChI is InChI=1S/C53H68FN9O7S.C2H4O2/c1-30(32-17-19-35(20-18-32)47-31(2)58-29-71-47)59-49(67)41-26-38(64)28-62(41)52(70)48(53(3,4)5)61-44(66)16-8-6-7-11-33-12-10-15-40(45(33)54)57-27-37(22-24-43(56)65)60-50(68)42-25-36-14-9-13-34-21-23-39(55)51(69)63(42)46(34)36;1-2(3)4/h9-10,12-15,17-20,29-30,37-39,41-42,48,57,64H,6-8,11,16,21-28,55H2,1-5H3,(H2,56,65)(H,59,67)(H,60,68)(H,61,66);1H3,(H,3,4)/t30-,37-,38+,39-,41-,42-,48+;/m0./s1. The van der Waals surface area contributed by atoms with Crippen molar-refractivity contribution in [3.8, 4) is 10.4 Å². The van der Waals surface area contributed by atoms with Gasteiger partial charge in [-0.05, 0) is 91.7 Å². The maximum atomic E-state index is 15.9. The Morgan fingerprint density at radius 1 is 0.920 bits per heavy atom. The van der Waals surface area contributed by atoms with Gasteiger partial charge in [-0.2, -0.15) is 0 Å². The van der Waals surface area contributed by atoms with Gasteiger partial charge in [0.25, 0.3) is 5.97 Å². The molecule has 20 heteroatoms. The Labute approximate surface area is 441 Å². The number of aliphatic hydroxyl groups is 1. The fraction of sp³-hybridized carbons (Fsp3) is 0.491. The van der Waals surface area contributed by atoms with Crippen LogP contribution in [0.1, 0.15) is 120 Å². The Hall–Kier alpha value is -6.77. The molecule has 3 aromatic carbocycles. The zero-order valence-corrected chi connectivity index (χ0v) is 44.4. The lowest BCUT2D eigenvalue weighted by Gasteiger charge is -2.35. The second-order valence-corrected chi connectivity index (χ2v) is 21.7. The van der Waals surface area contributed by atoms with Crippen LogP contribution in [0.3, 0.4) is 0 Å². The molecular weight excluding hydrogens is 982 g/mol. The number of β-amino-alcohol motifs (C(OH)–C–C–N with tert-alkyl or cyclic N) is 1. The molecule has 7 atom stereocenters. The van der Waals surface area contributed by atoms with Crippen LogP contribution in [-0.2, 0) is 52.8 Å². The third-order valence-corrected chi connectivity index (χ3v) is 14.8. The number of primary amides is 1. The number of nitrogens with zero attached hydrogens (tertiary/aromatic N) is 3. The van der Waals surface area contributed by atoms with Crippen molar-refractivity contribution in [3.05, 3.63) is 99.9 Å². The molecule has 0 unspecified atom stereocenters. The van der Waals surface area contributed by atoms with Crippen molar-refractivity contribution in [2.75, 3.05) is 23.3 Å². The molecule has 0 aliphatic carbocycles. The average molecular weight is 1050 g/mol. The topological polar surface area (TPSA) is 279 Å². The summed E-state index contributed by atoms with van der Waals surface area (Å²) < 4.78 is 15.9. The lowest BCUT2D eigenvalue weighted by molar-refractivity contribution is -0.144. The smallest absolute Gasteiger partial charge is 0.300 e. The van der Waals surface area contributed by atoms with Crippen LogP contribution < -0.4 is 37.6 Å². The Bertz CT molecular complexity index is 2710. The van der Waals surface area contributed by atoms with E-state index in [2.05, 4.69) is 26.3 Å². The number of aromatic nitrogens is 1. The lowest BCUT2D eigenvalue weighted by Crippen LogP contribution is -2.57. The van der Waals surface area contributed by atoms with Gasteiger partial charge in [0.2, 0.25) is 35.4 Å². The molecule has 7 rings (SSSR count). The van der Waals surface area contributed by atoms with Gasteiger partial charge in [0, 0.05) is 51.7 Å². The first-order valence-corrected chi connectivity index (χ1v) is 26.5. The summed E-state index contributed by atoms with van der Waals surface area (Å²) >= 11 is 1.56. The Balaban J connectivity index is 0.00000220. The third-order valence-electron chi connectivity index (χ3n) is 13.9. The van der Waals surface area contributed by atoms with Crippen LogP contribution in [0.2, 0.25) is 0 Å². The summed E-state index contributed by atoms with van der Waals surface area (Å²) in [6, 6.07) is 14.2. The fourth-order valence-corrected chi connectivity index (χ4v) is 10.7. The van der Waals surface area contributed by atoms with Gasteiger partial charge in [-0.15, -0.1) is 11.3 Å². The monoisotopic (exact) mass is 1050 g/mol. The summed E-state index contributed by atoms with van der Waals surface area (Å²) in [5.74, 6) is -3.71. The first-order valence-electron chi connectivity index (χ1n) is 25.6. The molecule has 404 valence electrons. The molecule has 1 aromatic heterocycles. The van der Waals surface area contributed by atoms with E-state index in [0.717, 1.165) is 45.4 Å². The van der Waals surface area contributed by atoms with Gasteiger partial charge in [-0.3, -0.25) is 38.5 Å². The highest BCUT2D eigenvalue weighted by Gasteiger charge is 2.45. The molecule has 4 aromatic rings. The van der Waals surface area contributed by atoms with Crippen LogP contribution in [0.5, 0.6) is 0 Å². The van der Waals surface area contributed by atoms with Gasteiger partial charge in [-0.25, -0.2) is 9.37 Å². The minimum Gasteiger partial charge on any atom is -0.481 e. The Kier molecular flexibility index (Phi) is 19.7. The predicted molar refractivity (Wildman–Crippen MR) is 285 cm³/mol. The largest absolute Gasteiger partial charge is 0.481 e. The molecule has 0 spiro atoms. The molecule has 0 bridgehead atoms. The number of anilines is 2. The average Bonchev–Trinajstić information content (AvgIpc) is 4.07. The molecule has 4 heterocycles. The van der Waals surface area contributed by atoms with Crippen molar-refractivity contribution in [1.29, 1.82) is 0 Å². The maximum Gasteiger partial charge on any atom is 0.300 e. The van der Waals surface area contributed by atoms with Crippen molar-refractivity contribution in [2.45, 2.75) is 155 Å². The maximum absolute atomic E-state index is 15.9. The van der Waals surface area contributed by atoms with Crippen molar-refractivity contribution < 1.29 is 48.2 Å². The Morgan fingerprint density at radius 2 is 1.60 bits per heavy atom. The van der Waals surface area contributed by atoms with Crippen LogP contribution >= 0.6 is 11.3 Å². The lowest BCUT2D eigenvalue weighted by atomic mass is 9.85. The molecule has 0 saturated carbocycles. The van der Waals surface area contributed by atoms with Crippen molar-refractivity contribution in [3.63, 3.8) is 0 Å². The van der Waals surface area contributed by atoms with E-state index in [4.69, 9.17) is 21.4 Å². The van der Waals surface area contributed by atoms with Gasteiger partial charge in [0.05, 0.1) is 45.6 Å². The first-order chi connectivity index (χ1) is 35.5. The van der Waals surface area contributed by atoms with E-state index < -0.39 is 71.2 Å². The van der Waals surface area contributed by atoms with E-state index in [0.29, 0.717) is 50.5 Å². The van der Waals surface area contributed by atoms with E-state index >= 15 is 4.39 Å².